The maximum Gasteiger partial charge on any atom is 0.416 e. The van der Waals surface area contributed by atoms with Crippen molar-refractivity contribution in [1.29, 1.82) is 0 Å². The van der Waals surface area contributed by atoms with Gasteiger partial charge in [0.25, 0.3) is 0 Å². The molecule has 0 fully saturated rings. The second kappa shape index (κ2) is 6.91. The molecule has 0 bridgehead atoms. The number of aromatic nitrogens is 1. The number of alkyl halides is 3. The van der Waals surface area contributed by atoms with E-state index in [-0.39, 0.29) is 12.6 Å². The van der Waals surface area contributed by atoms with Gasteiger partial charge in [-0.15, -0.1) is 0 Å². The summed E-state index contributed by atoms with van der Waals surface area (Å²) < 4.78 is 43.8. The normalized spacial score (nSPS) is 17.3. The summed E-state index contributed by atoms with van der Waals surface area (Å²) in [6, 6.07) is 8.06. The quantitative estimate of drug-likeness (QED) is 0.825. The topological polar surface area (TPSA) is 55.7 Å². The van der Waals surface area contributed by atoms with Crippen LogP contribution in [0.25, 0.3) is 0 Å². The predicted molar refractivity (Wildman–Crippen MR) is 88.3 cm³/mol. The van der Waals surface area contributed by atoms with E-state index in [0.29, 0.717) is 27.4 Å². The number of amidine groups is 1. The highest BCUT2D eigenvalue weighted by molar-refractivity contribution is 9.10. The Hall–Kier alpha value is -2.29. The summed E-state index contributed by atoms with van der Waals surface area (Å²) >= 11 is 3.31. The fourth-order valence-corrected chi connectivity index (χ4v) is 2.70. The van der Waals surface area contributed by atoms with E-state index in [1.54, 1.807) is 12.1 Å². The number of halogens is 4. The van der Waals surface area contributed by atoms with Crippen LogP contribution in [0.1, 0.15) is 22.9 Å². The standard InChI is InChI=1S/C16H13BrF3N3O2/c1-24-15-11(17)6-7-12(22-15)14-21-13(8-25-23-14)9-2-4-10(5-3-9)16(18,19)20/h2-7,13H,8H2,1H3,(H,21,23). The molecular weight excluding hydrogens is 403 g/mol. The van der Waals surface area contributed by atoms with E-state index in [9.17, 15) is 13.2 Å². The van der Waals surface area contributed by atoms with Gasteiger partial charge in [-0.25, -0.2) is 4.98 Å². The molecule has 2 heterocycles. The average molecular weight is 416 g/mol. The van der Waals surface area contributed by atoms with E-state index in [4.69, 9.17) is 9.57 Å². The number of oxime groups is 1. The van der Waals surface area contributed by atoms with Crippen molar-refractivity contribution in [3.8, 4) is 5.88 Å². The summed E-state index contributed by atoms with van der Waals surface area (Å²) in [7, 11) is 1.49. The zero-order valence-electron chi connectivity index (χ0n) is 13.0. The summed E-state index contributed by atoms with van der Waals surface area (Å²) in [4.78, 5) is 9.51. The van der Waals surface area contributed by atoms with Gasteiger partial charge < -0.3 is 14.9 Å². The summed E-state index contributed by atoms with van der Waals surface area (Å²) in [5, 5.41) is 7.05. The molecule has 1 atom stereocenters. The summed E-state index contributed by atoms with van der Waals surface area (Å²) in [5.74, 6) is 0.764. The summed E-state index contributed by atoms with van der Waals surface area (Å²) in [6.45, 7) is 0.197. The number of hydrogen-bond donors (Lipinski definition) is 1. The fraction of sp³-hybridized carbons (Fsp3) is 0.250. The second-order valence-electron chi connectivity index (χ2n) is 5.24. The lowest BCUT2D eigenvalue weighted by Crippen LogP contribution is -2.36. The highest BCUT2D eigenvalue weighted by Gasteiger charge is 2.30. The lowest BCUT2D eigenvalue weighted by molar-refractivity contribution is -0.137. The van der Waals surface area contributed by atoms with Crippen molar-refractivity contribution in [3.63, 3.8) is 0 Å². The van der Waals surface area contributed by atoms with Crippen LogP contribution >= 0.6 is 15.9 Å². The molecule has 0 saturated carbocycles. The molecule has 0 amide bonds. The molecule has 2 aromatic rings. The number of ether oxygens (including phenoxy) is 1. The zero-order chi connectivity index (χ0) is 18.0. The molecule has 9 heteroatoms. The predicted octanol–water partition coefficient (Wildman–Crippen LogP) is 3.89. The Kier molecular flexibility index (Phi) is 4.85. The van der Waals surface area contributed by atoms with Crippen LogP contribution in [0.4, 0.5) is 13.2 Å². The Morgan fingerprint density at radius 2 is 1.92 bits per heavy atom. The number of nitrogens with zero attached hydrogens (tertiary/aromatic N) is 2. The number of hydrogen-bond acceptors (Lipinski definition) is 5. The number of nitrogens with one attached hydrogen (secondary N) is 1. The van der Waals surface area contributed by atoms with Crippen molar-refractivity contribution < 1.29 is 22.7 Å². The van der Waals surface area contributed by atoms with E-state index in [2.05, 4.69) is 31.4 Å². The van der Waals surface area contributed by atoms with Gasteiger partial charge >= 0.3 is 6.18 Å². The van der Waals surface area contributed by atoms with Crippen molar-refractivity contribution >= 4 is 21.8 Å². The fourth-order valence-electron chi connectivity index (χ4n) is 2.31. The third kappa shape index (κ3) is 3.87. The van der Waals surface area contributed by atoms with E-state index in [0.717, 1.165) is 12.1 Å². The maximum atomic E-state index is 12.7. The van der Waals surface area contributed by atoms with Crippen molar-refractivity contribution in [2.45, 2.75) is 12.2 Å². The van der Waals surface area contributed by atoms with Crippen LogP contribution in [0.5, 0.6) is 5.88 Å². The first kappa shape index (κ1) is 17.5. The molecule has 0 radical (unpaired) electrons. The first-order valence-electron chi connectivity index (χ1n) is 7.23. The van der Waals surface area contributed by atoms with Gasteiger partial charge in [0.2, 0.25) is 5.88 Å². The van der Waals surface area contributed by atoms with Crippen LogP contribution in [0.3, 0.4) is 0 Å². The van der Waals surface area contributed by atoms with Gasteiger partial charge in [0.05, 0.1) is 23.2 Å². The first-order valence-corrected chi connectivity index (χ1v) is 8.02. The molecule has 3 rings (SSSR count). The molecular formula is C16H13BrF3N3O2. The number of benzene rings is 1. The van der Waals surface area contributed by atoms with Crippen molar-refractivity contribution in [3.05, 3.63) is 57.7 Å². The third-order valence-electron chi connectivity index (χ3n) is 3.60. The SMILES string of the molecule is COc1nc(C2=NOCC(c3ccc(C(F)(F)F)cc3)N2)ccc1Br. The van der Waals surface area contributed by atoms with E-state index in [1.165, 1.54) is 19.2 Å². The van der Waals surface area contributed by atoms with Crippen molar-refractivity contribution in [1.82, 2.24) is 10.3 Å². The van der Waals surface area contributed by atoms with Gasteiger partial charge in [0.1, 0.15) is 12.3 Å². The minimum absolute atomic E-state index is 0.197. The van der Waals surface area contributed by atoms with Gasteiger partial charge in [-0.3, -0.25) is 0 Å². The maximum absolute atomic E-state index is 12.7. The molecule has 1 aliphatic rings. The molecule has 0 aliphatic carbocycles. The Morgan fingerprint density at radius 1 is 1.20 bits per heavy atom. The average Bonchev–Trinajstić information content (AvgIpc) is 2.61. The Balaban J connectivity index is 1.80. The van der Waals surface area contributed by atoms with Gasteiger partial charge in [0.15, 0.2) is 5.84 Å². The summed E-state index contributed by atoms with van der Waals surface area (Å²) in [6.07, 6.45) is -4.36. The Labute approximate surface area is 150 Å². The van der Waals surface area contributed by atoms with E-state index in [1.807, 2.05) is 0 Å². The highest BCUT2D eigenvalue weighted by atomic mass is 79.9. The van der Waals surface area contributed by atoms with Crippen LogP contribution in [0.15, 0.2) is 46.0 Å². The Morgan fingerprint density at radius 3 is 2.56 bits per heavy atom. The number of rotatable bonds is 3. The van der Waals surface area contributed by atoms with Gasteiger partial charge in [-0.05, 0) is 45.8 Å². The van der Waals surface area contributed by atoms with Gasteiger partial charge in [0, 0.05) is 0 Å². The highest BCUT2D eigenvalue weighted by Crippen LogP contribution is 2.30. The lowest BCUT2D eigenvalue weighted by atomic mass is 10.0. The van der Waals surface area contributed by atoms with E-state index >= 15 is 0 Å². The molecule has 1 unspecified atom stereocenters. The van der Waals surface area contributed by atoms with Gasteiger partial charge in [-0.2, -0.15) is 13.2 Å². The molecule has 132 valence electrons. The van der Waals surface area contributed by atoms with Crippen LogP contribution in [-0.4, -0.2) is 24.5 Å². The molecule has 1 N–H and O–H groups in total. The minimum Gasteiger partial charge on any atom is -0.480 e. The Bertz CT molecular complexity index is 794. The lowest BCUT2D eigenvalue weighted by Gasteiger charge is -2.24. The third-order valence-corrected chi connectivity index (χ3v) is 4.20. The first-order chi connectivity index (χ1) is 11.9. The zero-order valence-corrected chi connectivity index (χ0v) is 14.6. The van der Waals surface area contributed by atoms with Crippen molar-refractivity contribution in [2.75, 3.05) is 13.7 Å². The molecule has 0 spiro atoms. The largest absolute Gasteiger partial charge is 0.480 e. The molecule has 25 heavy (non-hydrogen) atoms. The van der Waals surface area contributed by atoms with Gasteiger partial charge in [-0.1, -0.05) is 17.3 Å². The number of methoxy groups -OCH3 is 1. The van der Waals surface area contributed by atoms with Crippen molar-refractivity contribution in [2.24, 2.45) is 5.16 Å². The minimum atomic E-state index is -4.36. The van der Waals surface area contributed by atoms with Crippen LogP contribution < -0.4 is 10.1 Å². The number of pyridine rings is 1. The molecule has 1 aromatic carbocycles. The van der Waals surface area contributed by atoms with E-state index < -0.39 is 11.7 Å². The molecule has 1 aromatic heterocycles. The monoisotopic (exact) mass is 415 g/mol. The summed E-state index contributed by atoms with van der Waals surface area (Å²) in [5.41, 5.74) is 0.460. The smallest absolute Gasteiger partial charge is 0.416 e. The van der Waals surface area contributed by atoms with Crippen LogP contribution in [0, 0.1) is 0 Å². The molecule has 1 aliphatic heterocycles. The van der Waals surface area contributed by atoms with Crippen LogP contribution in [0.2, 0.25) is 0 Å². The van der Waals surface area contributed by atoms with Crippen LogP contribution in [-0.2, 0) is 11.0 Å². The second-order valence-corrected chi connectivity index (χ2v) is 6.09. The molecule has 5 nitrogen and oxygen atoms in total. The molecule has 0 saturated heterocycles.